The van der Waals surface area contributed by atoms with Gasteiger partial charge in [0.25, 0.3) is 0 Å². The molecule has 7 heteroatoms. The molecule has 3 aromatic rings. The maximum Gasteiger partial charge on any atom is 0.180 e. The molecule has 0 N–H and O–H groups in total. The molecule has 0 amide bonds. The average molecular weight is 388 g/mol. The zero-order valence-electron chi connectivity index (χ0n) is 13.0. The topological polar surface area (TPSA) is 36.9 Å². The second-order valence-electron chi connectivity index (χ2n) is 5.41. The first-order valence-corrected chi connectivity index (χ1v) is 10.3. The van der Waals surface area contributed by atoms with Crippen LogP contribution in [0.2, 0.25) is 0 Å². The molecule has 2 aliphatic heterocycles. The van der Waals surface area contributed by atoms with E-state index in [4.69, 9.17) is 25.4 Å². The summed E-state index contributed by atoms with van der Waals surface area (Å²) in [6.45, 7) is 2.30. The van der Waals surface area contributed by atoms with Crippen molar-refractivity contribution in [2.24, 2.45) is 0 Å². The SMILES string of the molecule is C#Cc1cc(-c2scc3c2OCCO3)sc1-c1scc2c1OCCO2. The number of rotatable bonds is 2. The number of hydrogen-bond acceptors (Lipinski definition) is 7. The quantitative estimate of drug-likeness (QED) is 0.595. The number of fused-ring (bicyclic) bond motifs is 2. The molecule has 0 saturated heterocycles. The lowest BCUT2D eigenvalue weighted by atomic mass is 10.2. The summed E-state index contributed by atoms with van der Waals surface area (Å²) in [7, 11) is 0. The minimum Gasteiger partial charge on any atom is -0.485 e. The van der Waals surface area contributed by atoms with E-state index < -0.39 is 0 Å². The average Bonchev–Trinajstić information content (AvgIpc) is 3.36. The fourth-order valence-electron chi connectivity index (χ4n) is 2.83. The maximum atomic E-state index is 5.82. The van der Waals surface area contributed by atoms with Crippen molar-refractivity contribution < 1.29 is 18.9 Å². The number of ether oxygens (including phenoxy) is 4. The van der Waals surface area contributed by atoms with Crippen LogP contribution in [0.4, 0.5) is 0 Å². The van der Waals surface area contributed by atoms with Crippen molar-refractivity contribution in [3.63, 3.8) is 0 Å². The summed E-state index contributed by atoms with van der Waals surface area (Å²) in [5.74, 6) is 6.04. The molecular weight excluding hydrogens is 376 g/mol. The highest BCUT2D eigenvalue weighted by atomic mass is 32.1. The Balaban J connectivity index is 1.62. The fraction of sp³-hybridized carbons (Fsp3) is 0.222. The van der Waals surface area contributed by atoms with Crippen LogP contribution in [0.15, 0.2) is 16.8 Å². The fourth-order valence-corrected chi connectivity index (χ4v) is 6.09. The highest BCUT2D eigenvalue weighted by molar-refractivity contribution is 7.26. The Morgan fingerprint density at radius 3 is 2.08 bits per heavy atom. The van der Waals surface area contributed by atoms with Gasteiger partial charge in [-0.3, -0.25) is 0 Å². The van der Waals surface area contributed by atoms with Crippen LogP contribution in [-0.2, 0) is 0 Å². The van der Waals surface area contributed by atoms with Gasteiger partial charge in [0, 0.05) is 16.3 Å². The van der Waals surface area contributed by atoms with Crippen LogP contribution in [0.3, 0.4) is 0 Å². The Morgan fingerprint density at radius 2 is 1.40 bits per heavy atom. The Morgan fingerprint density at radius 1 is 0.800 bits per heavy atom. The lowest BCUT2D eigenvalue weighted by Gasteiger charge is -2.16. The summed E-state index contributed by atoms with van der Waals surface area (Å²) in [5, 5.41) is 3.97. The molecule has 0 atom stereocenters. The van der Waals surface area contributed by atoms with E-state index in [1.165, 1.54) is 0 Å². The molecular formula is C18H12O4S3. The summed E-state index contributed by atoms with van der Waals surface area (Å²) >= 11 is 4.87. The van der Waals surface area contributed by atoms with Gasteiger partial charge >= 0.3 is 0 Å². The third kappa shape index (κ3) is 2.41. The van der Waals surface area contributed by atoms with E-state index in [0.29, 0.717) is 26.4 Å². The standard InChI is InChI=1S/C18H12O4S3/c1-2-10-7-13(17-14-11(8-23-17)19-3-5-21-14)25-16(10)18-15-12(9-24-18)20-4-6-22-15/h1,7-9H,3-6H2. The van der Waals surface area contributed by atoms with E-state index in [0.717, 1.165) is 48.1 Å². The molecule has 0 spiro atoms. The smallest absolute Gasteiger partial charge is 0.180 e. The number of thiophene rings is 3. The first-order valence-electron chi connectivity index (χ1n) is 7.70. The van der Waals surface area contributed by atoms with Crippen molar-refractivity contribution in [2.75, 3.05) is 26.4 Å². The Bertz CT molecular complexity index is 989. The van der Waals surface area contributed by atoms with Gasteiger partial charge in [-0.15, -0.1) is 40.4 Å². The van der Waals surface area contributed by atoms with Crippen LogP contribution >= 0.6 is 34.0 Å². The molecule has 0 bridgehead atoms. The molecule has 5 heterocycles. The summed E-state index contributed by atoms with van der Waals surface area (Å²) in [5.41, 5.74) is 0.859. The van der Waals surface area contributed by atoms with Gasteiger partial charge in [0.15, 0.2) is 23.0 Å². The van der Waals surface area contributed by atoms with Gasteiger partial charge in [0.1, 0.15) is 26.4 Å². The first-order chi connectivity index (χ1) is 12.3. The number of terminal acetylenes is 1. The molecule has 5 rings (SSSR count). The Labute approximate surface area is 156 Å². The molecule has 0 unspecified atom stereocenters. The summed E-state index contributed by atoms with van der Waals surface area (Å²) in [4.78, 5) is 4.21. The highest BCUT2D eigenvalue weighted by Crippen LogP contribution is 2.53. The third-order valence-electron chi connectivity index (χ3n) is 3.92. The van der Waals surface area contributed by atoms with Crippen LogP contribution in [0.1, 0.15) is 5.56 Å². The van der Waals surface area contributed by atoms with E-state index in [9.17, 15) is 0 Å². The van der Waals surface area contributed by atoms with Crippen molar-refractivity contribution >= 4 is 34.0 Å². The molecule has 0 fully saturated rings. The van der Waals surface area contributed by atoms with Crippen molar-refractivity contribution in [1.82, 2.24) is 0 Å². The zero-order valence-corrected chi connectivity index (χ0v) is 15.4. The van der Waals surface area contributed by atoms with Crippen molar-refractivity contribution in [3.8, 4) is 54.9 Å². The molecule has 3 aromatic heterocycles. The van der Waals surface area contributed by atoms with Crippen LogP contribution in [0.5, 0.6) is 23.0 Å². The van der Waals surface area contributed by atoms with Crippen molar-refractivity contribution in [2.45, 2.75) is 0 Å². The van der Waals surface area contributed by atoms with Gasteiger partial charge < -0.3 is 18.9 Å². The van der Waals surface area contributed by atoms with Crippen LogP contribution in [-0.4, -0.2) is 26.4 Å². The van der Waals surface area contributed by atoms with Crippen molar-refractivity contribution in [1.29, 1.82) is 0 Å². The van der Waals surface area contributed by atoms with E-state index >= 15 is 0 Å². The molecule has 0 aliphatic carbocycles. The first kappa shape index (κ1) is 15.1. The van der Waals surface area contributed by atoms with Gasteiger partial charge in [-0.25, -0.2) is 0 Å². The van der Waals surface area contributed by atoms with Gasteiger partial charge in [-0.1, -0.05) is 5.92 Å². The summed E-state index contributed by atoms with van der Waals surface area (Å²) in [6.07, 6.45) is 5.77. The molecule has 0 radical (unpaired) electrons. The lowest BCUT2D eigenvalue weighted by molar-refractivity contribution is 0.174. The molecule has 25 heavy (non-hydrogen) atoms. The summed E-state index contributed by atoms with van der Waals surface area (Å²) in [6, 6.07) is 2.04. The Kier molecular flexibility index (Phi) is 3.63. The molecule has 4 nitrogen and oxygen atoms in total. The minimum atomic E-state index is 0.559. The predicted molar refractivity (Wildman–Crippen MR) is 101 cm³/mol. The van der Waals surface area contributed by atoms with Crippen molar-refractivity contribution in [3.05, 3.63) is 22.4 Å². The number of hydrogen-bond donors (Lipinski definition) is 0. The normalized spacial score (nSPS) is 15.0. The van der Waals surface area contributed by atoms with Gasteiger partial charge in [-0.05, 0) is 6.07 Å². The van der Waals surface area contributed by atoms with E-state index in [-0.39, 0.29) is 0 Å². The van der Waals surface area contributed by atoms with Crippen LogP contribution in [0.25, 0.3) is 19.5 Å². The largest absolute Gasteiger partial charge is 0.485 e. The second kappa shape index (κ2) is 5.99. The molecule has 0 aromatic carbocycles. The lowest BCUT2D eigenvalue weighted by Crippen LogP contribution is -2.14. The molecule has 2 aliphatic rings. The van der Waals surface area contributed by atoms with Gasteiger partial charge in [-0.2, -0.15) is 0 Å². The van der Waals surface area contributed by atoms with E-state index in [2.05, 4.69) is 5.92 Å². The van der Waals surface area contributed by atoms with Gasteiger partial charge in [0.05, 0.1) is 19.5 Å². The minimum absolute atomic E-state index is 0.559. The molecule has 0 saturated carbocycles. The second-order valence-corrected chi connectivity index (χ2v) is 8.22. The maximum absolute atomic E-state index is 5.82. The highest BCUT2D eigenvalue weighted by Gasteiger charge is 2.26. The zero-order chi connectivity index (χ0) is 16.8. The van der Waals surface area contributed by atoms with Crippen LogP contribution in [0, 0.1) is 12.3 Å². The monoisotopic (exact) mass is 388 g/mol. The van der Waals surface area contributed by atoms with Gasteiger partial charge in [0.2, 0.25) is 0 Å². The van der Waals surface area contributed by atoms with E-state index in [1.54, 1.807) is 34.0 Å². The molecule has 126 valence electrons. The third-order valence-corrected chi connectivity index (χ3v) is 7.28. The van der Waals surface area contributed by atoms with E-state index in [1.807, 2.05) is 16.8 Å². The predicted octanol–water partition coefficient (Wildman–Crippen LogP) is 4.73. The summed E-state index contributed by atoms with van der Waals surface area (Å²) < 4.78 is 22.9. The van der Waals surface area contributed by atoms with Crippen LogP contribution < -0.4 is 18.9 Å². The Hall–Kier alpha value is -2.14.